The Morgan fingerprint density at radius 1 is 1.32 bits per heavy atom. The van der Waals surface area contributed by atoms with Crippen molar-refractivity contribution in [2.24, 2.45) is 5.41 Å². The van der Waals surface area contributed by atoms with Gasteiger partial charge in [0.2, 0.25) is 0 Å². The first-order valence-electron chi connectivity index (χ1n) is 6.13. The SMILES string of the molecule is COc1ccc([C@@H]2NC(=O)OCC2(C)C)c(OC)c1. The molecule has 1 fully saturated rings. The molecule has 1 aliphatic rings. The number of benzene rings is 1. The summed E-state index contributed by atoms with van der Waals surface area (Å²) >= 11 is 0. The van der Waals surface area contributed by atoms with Crippen molar-refractivity contribution in [3.63, 3.8) is 0 Å². The largest absolute Gasteiger partial charge is 0.497 e. The standard InChI is InChI=1S/C14H19NO4/c1-14(2)8-19-13(16)15-12(14)10-6-5-9(17-3)7-11(10)18-4/h5-7,12H,8H2,1-4H3,(H,15,16)/t12-/m0/s1. The van der Waals surface area contributed by atoms with Gasteiger partial charge in [-0.05, 0) is 12.1 Å². The summed E-state index contributed by atoms with van der Waals surface area (Å²) < 4.78 is 15.6. The highest BCUT2D eigenvalue weighted by Crippen LogP contribution is 2.41. The summed E-state index contributed by atoms with van der Waals surface area (Å²) in [5, 5.41) is 2.85. The molecule has 104 valence electrons. The van der Waals surface area contributed by atoms with Crippen molar-refractivity contribution in [2.45, 2.75) is 19.9 Å². The maximum absolute atomic E-state index is 11.5. The van der Waals surface area contributed by atoms with Crippen LogP contribution in [0.1, 0.15) is 25.5 Å². The van der Waals surface area contributed by atoms with Gasteiger partial charge in [0.15, 0.2) is 0 Å². The predicted molar refractivity (Wildman–Crippen MR) is 70.6 cm³/mol. The Labute approximate surface area is 112 Å². The number of ether oxygens (including phenoxy) is 3. The van der Waals surface area contributed by atoms with Gasteiger partial charge in [0.05, 0.1) is 20.3 Å². The minimum absolute atomic E-state index is 0.158. The van der Waals surface area contributed by atoms with Gasteiger partial charge in [0.25, 0.3) is 0 Å². The van der Waals surface area contributed by atoms with E-state index < -0.39 is 6.09 Å². The van der Waals surface area contributed by atoms with Gasteiger partial charge >= 0.3 is 6.09 Å². The lowest BCUT2D eigenvalue weighted by Gasteiger charge is -2.39. The van der Waals surface area contributed by atoms with Crippen molar-refractivity contribution in [2.75, 3.05) is 20.8 Å². The van der Waals surface area contributed by atoms with E-state index in [0.717, 1.165) is 11.3 Å². The van der Waals surface area contributed by atoms with E-state index in [2.05, 4.69) is 5.32 Å². The second kappa shape index (κ2) is 4.99. The van der Waals surface area contributed by atoms with Gasteiger partial charge in [-0.3, -0.25) is 0 Å². The summed E-state index contributed by atoms with van der Waals surface area (Å²) in [7, 11) is 3.21. The second-order valence-corrected chi connectivity index (χ2v) is 5.25. The molecule has 0 aromatic heterocycles. The molecule has 1 heterocycles. The molecule has 0 spiro atoms. The van der Waals surface area contributed by atoms with Crippen LogP contribution in [-0.4, -0.2) is 26.9 Å². The van der Waals surface area contributed by atoms with Crippen LogP contribution >= 0.6 is 0 Å². The van der Waals surface area contributed by atoms with E-state index in [4.69, 9.17) is 14.2 Å². The lowest BCUT2D eigenvalue weighted by molar-refractivity contribution is 0.0381. The summed E-state index contributed by atoms with van der Waals surface area (Å²) in [4.78, 5) is 11.5. The monoisotopic (exact) mass is 265 g/mol. The van der Waals surface area contributed by atoms with Crippen LogP contribution in [0, 0.1) is 5.41 Å². The molecule has 0 radical (unpaired) electrons. The highest BCUT2D eigenvalue weighted by atomic mass is 16.6. The molecule has 0 unspecified atom stereocenters. The fraction of sp³-hybridized carbons (Fsp3) is 0.500. The molecule has 5 heteroatoms. The molecule has 1 amide bonds. The van der Waals surface area contributed by atoms with Crippen LogP contribution in [0.2, 0.25) is 0 Å². The zero-order valence-corrected chi connectivity index (χ0v) is 11.6. The number of nitrogens with one attached hydrogen (secondary N) is 1. The van der Waals surface area contributed by atoms with Gasteiger partial charge in [0.1, 0.15) is 18.1 Å². The van der Waals surface area contributed by atoms with Crippen LogP contribution in [0.15, 0.2) is 18.2 Å². The van der Waals surface area contributed by atoms with E-state index in [0.29, 0.717) is 12.4 Å². The molecule has 19 heavy (non-hydrogen) atoms. The van der Waals surface area contributed by atoms with Gasteiger partial charge in [-0.1, -0.05) is 13.8 Å². The molecule has 0 saturated carbocycles. The summed E-state index contributed by atoms with van der Waals surface area (Å²) in [6.45, 7) is 4.46. The lowest BCUT2D eigenvalue weighted by atomic mass is 9.80. The molecule has 1 saturated heterocycles. The Balaban J connectivity index is 2.41. The number of hydrogen-bond donors (Lipinski definition) is 1. The van der Waals surface area contributed by atoms with Crippen LogP contribution in [0.3, 0.4) is 0 Å². The van der Waals surface area contributed by atoms with E-state index in [1.807, 2.05) is 32.0 Å². The fourth-order valence-corrected chi connectivity index (χ4v) is 2.25. The molecule has 1 aromatic rings. The number of amides is 1. The normalized spacial score (nSPS) is 21.3. The summed E-state index contributed by atoms with van der Waals surface area (Å²) in [6, 6.07) is 5.42. The Morgan fingerprint density at radius 3 is 2.68 bits per heavy atom. The van der Waals surface area contributed by atoms with Gasteiger partial charge in [-0.25, -0.2) is 4.79 Å². The molecule has 1 aliphatic heterocycles. The molecule has 1 atom stereocenters. The van der Waals surface area contributed by atoms with Crippen molar-refractivity contribution in [1.29, 1.82) is 0 Å². The van der Waals surface area contributed by atoms with Crippen LogP contribution in [0.5, 0.6) is 11.5 Å². The maximum atomic E-state index is 11.5. The molecule has 1 N–H and O–H groups in total. The van der Waals surface area contributed by atoms with Crippen molar-refractivity contribution in [1.82, 2.24) is 5.32 Å². The van der Waals surface area contributed by atoms with Crippen LogP contribution in [0.25, 0.3) is 0 Å². The summed E-state index contributed by atoms with van der Waals surface area (Å²) in [5.41, 5.74) is 0.709. The molecule has 0 aliphatic carbocycles. The summed E-state index contributed by atoms with van der Waals surface area (Å²) in [5.74, 6) is 1.41. The van der Waals surface area contributed by atoms with Crippen molar-refractivity contribution in [3.05, 3.63) is 23.8 Å². The Morgan fingerprint density at radius 2 is 2.05 bits per heavy atom. The Kier molecular flexibility index (Phi) is 3.55. The highest BCUT2D eigenvalue weighted by Gasteiger charge is 2.39. The number of carbonyl (C=O) groups excluding carboxylic acids is 1. The maximum Gasteiger partial charge on any atom is 0.407 e. The van der Waals surface area contributed by atoms with Gasteiger partial charge in [-0.15, -0.1) is 0 Å². The molecular formula is C14H19NO4. The van der Waals surface area contributed by atoms with Crippen LogP contribution in [-0.2, 0) is 4.74 Å². The average Bonchev–Trinajstić information content (AvgIpc) is 2.41. The molecule has 2 rings (SSSR count). The van der Waals surface area contributed by atoms with Crippen molar-refractivity contribution < 1.29 is 19.0 Å². The predicted octanol–water partition coefficient (Wildman–Crippen LogP) is 2.51. The number of hydrogen-bond acceptors (Lipinski definition) is 4. The second-order valence-electron chi connectivity index (χ2n) is 5.25. The van der Waals surface area contributed by atoms with E-state index in [1.165, 1.54) is 0 Å². The van der Waals surface area contributed by atoms with Crippen LogP contribution in [0.4, 0.5) is 4.79 Å². The highest BCUT2D eigenvalue weighted by molar-refractivity contribution is 5.69. The fourth-order valence-electron chi connectivity index (χ4n) is 2.25. The third-order valence-corrected chi connectivity index (χ3v) is 3.37. The number of methoxy groups -OCH3 is 2. The third-order valence-electron chi connectivity index (χ3n) is 3.37. The Hall–Kier alpha value is -1.91. The van der Waals surface area contributed by atoms with Gasteiger partial charge in [-0.2, -0.15) is 0 Å². The summed E-state index contributed by atoms with van der Waals surface area (Å²) in [6.07, 6.45) is -0.401. The van der Waals surface area contributed by atoms with E-state index in [-0.39, 0.29) is 11.5 Å². The van der Waals surface area contributed by atoms with Crippen molar-refractivity contribution >= 4 is 6.09 Å². The Bertz CT molecular complexity index is 484. The zero-order chi connectivity index (χ0) is 14.0. The minimum atomic E-state index is -0.401. The molecule has 5 nitrogen and oxygen atoms in total. The van der Waals surface area contributed by atoms with E-state index >= 15 is 0 Å². The molecule has 1 aromatic carbocycles. The van der Waals surface area contributed by atoms with Crippen molar-refractivity contribution in [3.8, 4) is 11.5 Å². The minimum Gasteiger partial charge on any atom is -0.497 e. The molecular weight excluding hydrogens is 246 g/mol. The number of carbonyl (C=O) groups is 1. The zero-order valence-electron chi connectivity index (χ0n) is 11.6. The number of rotatable bonds is 3. The van der Waals surface area contributed by atoms with Gasteiger partial charge in [0, 0.05) is 17.0 Å². The first-order valence-corrected chi connectivity index (χ1v) is 6.13. The van der Waals surface area contributed by atoms with E-state index in [9.17, 15) is 4.79 Å². The molecule has 0 bridgehead atoms. The smallest absolute Gasteiger partial charge is 0.407 e. The quantitative estimate of drug-likeness (QED) is 0.912. The number of alkyl carbamates (subject to hydrolysis) is 1. The topological polar surface area (TPSA) is 56.8 Å². The first-order chi connectivity index (χ1) is 8.97. The number of cyclic esters (lactones) is 1. The lowest BCUT2D eigenvalue weighted by Crippen LogP contribution is -2.47. The van der Waals surface area contributed by atoms with Gasteiger partial charge < -0.3 is 19.5 Å². The average molecular weight is 265 g/mol. The first kappa shape index (κ1) is 13.5. The van der Waals surface area contributed by atoms with Crippen LogP contribution < -0.4 is 14.8 Å². The third kappa shape index (κ3) is 2.59. The van der Waals surface area contributed by atoms with E-state index in [1.54, 1.807) is 14.2 Å².